The predicted octanol–water partition coefficient (Wildman–Crippen LogP) is 0.348. The largest absolute Gasteiger partial charge is 0.466 e. The highest BCUT2D eigenvalue weighted by Crippen LogP contribution is 2.18. The highest BCUT2D eigenvalue weighted by Gasteiger charge is 2.18. The van der Waals surface area contributed by atoms with Crippen molar-refractivity contribution in [3.8, 4) is 0 Å². The normalized spacial score (nSPS) is 15.0. The van der Waals surface area contributed by atoms with Crippen LogP contribution in [0.2, 0.25) is 0 Å². The molecule has 1 aromatic rings. The molecule has 0 saturated carbocycles. The quantitative estimate of drug-likeness (QED) is 0.518. The van der Waals surface area contributed by atoms with Crippen LogP contribution in [0.25, 0.3) is 0 Å². The summed E-state index contributed by atoms with van der Waals surface area (Å²) < 4.78 is 14.5. The number of hydrogen-bond donors (Lipinski definition) is 2. The van der Waals surface area contributed by atoms with E-state index >= 15 is 0 Å². The molecular formula is C18H23N3O6. The molecule has 0 bridgehead atoms. The van der Waals surface area contributed by atoms with Crippen LogP contribution in [0.5, 0.6) is 0 Å². The van der Waals surface area contributed by atoms with Crippen LogP contribution in [0.1, 0.15) is 10.4 Å². The number of para-hydroxylation sites is 1. The first-order valence-corrected chi connectivity index (χ1v) is 8.37. The molecule has 0 unspecified atom stereocenters. The van der Waals surface area contributed by atoms with Crippen molar-refractivity contribution < 1.29 is 28.6 Å². The fourth-order valence-corrected chi connectivity index (χ4v) is 2.41. The number of benzene rings is 1. The number of carbonyl (C=O) groups is 3. The van der Waals surface area contributed by atoms with Crippen LogP contribution in [0.4, 0.5) is 5.69 Å². The predicted molar refractivity (Wildman–Crippen MR) is 96.9 cm³/mol. The van der Waals surface area contributed by atoms with Gasteiger partial charge in [0.25, 0.3) is 5.91 Å². The van der Waals surface area contributed by atoms with Crippen molar-refractivity contribution in [3.05, 3.63) is 41.6 Å². The van der Waals surface area contributed by atoms with Gasteiger partial charge in [0.15, 0.2) is 0 Å². The number of rotatable bonds is 7. The van der Waals surface area contributed by atoms with E-state index in [0.29, 0.717) is 31.1 Å². The summed E-state index contributed by atoms with van der Waals surface area (Å²) in [7, 11) is 2.39. The number of methoxy groups -OCH3 is 2. The molecule has 9 nitrogen and oxygen atoms in total. The van der Waals surface area contributed by atoms with Crippen LogP contribution in [-0.4, -0.2) is 69.9 Å². The molecule has 2 N–H and O–H groups in total. The molecule has 27 heavy (non-hydrogen) atoms. The van der Waals surface area contributed by atoms with E-state index < -0.39 is 11.9 Å². The first-order chi connectivity index (χ1) is 13.0. The van der Waals surface area contributed by atoms with Crippen molar-refractivity contribution in [2.45, 2.75) is 0 Å². The smallest absolute Gasteiger partial charge is 0.354 e. The van der Waals surface area contributed by atoms with Crippen molar-refractivity contribution in [1.82, 2.24) is 10.2 Å². The van der Waals surface area contributed by atoms with Crippen molar-refractivity contribution in [1.29, 1.82) is 0 Å². The number of nitrogens with zero attached hydrogens (tertiary/aromatic N) is 1. The van der Waals surface area contributed by atoms with Crippen molar-refractivity contribution in [2.24, 2.45) is 0 Å². The topological polar surface area (TPSA) is 106 Å². The van der Waals surface area contributed by atoms with Gasteiger partial charge in [0.2, 0.25) is 0 Å². The Morgan fingerprint density at radius 1 is 1.15 bits per heavy atom. The highest BCUT2D eigenvalue weighted by atomic mass is 16.5. The monoisotopic (exact) mass is 377 g/mol. The zero-order chi connectivity index (χ0) is 19.6. The molecular weight excluding hydrogens is 354 g/mol. The maximum atomic E-state index is 12.6. The minimum Gasteiger partial charge on any atom is -0.466 e. The summed E-state index contributed by atoms with van der Waals surface area (Å²) in [5.74, 6) is -1.80. The summed E-state index contributed by atoms with van der Waals surface area (Å²) in [5.41, 5.74) is 0.542. The lowest BCUT2D eigenvalue weighted by atomic mass is 10.1. The molecule has 1 aromatic carbocycles. The highest BCUT2D eigenvalue weighted by molar-refractivity contribution is 6.03. The second-order valence-corrected chi connectivity index (χ2v) is 5.64. The SMILES string of the molecule is COC(=O)/C=C(/Nc1ccccc1C(=O)NCN1CCOCC1)C(=O)OC. The van der Waals surface area contributed by atoms with Crippen LogP contribution >= 0.6 is 0 Å². The molecule has 0 radical (unpaired) electrons. The van der Waals surface area contributed by atoms with Gasteiger partial charge >= 0.3 is 11.9 Å². The van der Waals surface area contributed by atoms with Gasteiger partial charge in [-0.1, -0.05) is 12.1 Å². The summed E-state index contributed by atoms with van der Waals surface area (Å²) >= 11 is 0. The number of anilines is 1. The molecule has 1 fully saturated rings. The molecule has 146 valence electrons. The van der Waals surface area contributed by atoms with E-state index in [2.05, 4.69) is 25.0 Å². The third kappa shape index (κ3) is 6.08. The van der Waals surface area contributed by atoms with Gasteiger partial charge in [-0.25, -0.2) is 9.59 Å². The van der Waals surface area contributed by atoms with Gasteiger partial charge in [-0.15, -0.1) is 0 Å². The Morgan fingerprint density at radius 2 is 1.85 bits per heavy atom. The molecule has 2 rings (SSSR count). The summed E-state index contributed by atoms with van der Waals surface area (Å²) in [6.45, 7) is 3.14. The molecule has 0 aromatic heterocycles. The van der Waals surface area contributed by atoms with E-state index in [9.17, 15) is 14.4 Å². The van der Waals surface area contributed by atoms with Gasteiger partial charge in [-0.3, -0.25) is 9.69 Å². The number of esters is 2. The first kappa shape index (κ1) is 20.4. The second kappa shape index (κ2) is 10.3. The second-order valence-electron chi connectivity index (χ2n) is 5.64. The maximum Gasteiger partial charge on any atom is 0.354 e. The number of nitrogens with one attached hydrogen (secondary N) is 2. The zero-order valence-corrected chi connectivity index (χ0v) is 15.3. The van der Waals surface area contributed by atoms with Crippen molar-refractivity contribution in [2.75, 3.05) is 52.5 Å². The molecule has 0 spiro atoms. The van der Waals surface area contributed by atoms with Gasteiger partial charge < -0.3 is 24.8 Å². The van der Waals surface area contributed by atoms with Gasteiger partial charge in [-0.2, -0.15) is 0 Å². The number of ether oxygens (including phenoxy) is 3. The van der Waals surface area contributed by atoms with E-state index in [4.69, 9.17) is 4.74 Å². The third-order valence-electron chi connectivity index (χ3n) is 3.88. The minimum absolute atomic E-state index is 0.141. The number of carbonyl (C=O) groups excluding carboxylic acids is 3. The van der Waals surface area contributed by atoms with Crippen LogP contribution in [0.15, 0.2) is 36.0 Å². The van der Waals surface area contributed by atoms with E-state index in [0.717, 1.165) is 19.2 Å². The zero-order valence-electron chi connectivity index (χ0n) is 15.3. The average Bonchev–Trinajstić information content (AvgIpc) is 2.71. The van der Waals surface area contributed by atoms with Crippen LogP contribution < -0.4 is 10.6 Å². The molecule has 1 saturated heterocycles. The van der Waals surface area contributed by atoms with E-state index in [1.807, 2.05) is 0 Å². The molecule has 1 aliphatic heterocycles. The summed E-state index contributed by atoms with van der Waals surface area (Å²) in [5, 5.41) is 5.62. The fraction of sp³-hybridized carbons (Fsp3) is 0.389. The molecule has 9 heteroatoms. The maximum absolute atomic E-state index is 12.6. The van der Waals surface area contributed by atoms with Crippen molar-refractivity contribution in [3.63, 3.8) is 0 Å². The van der Waals surface area contributed by atoms with E-state index in [1.165, 1.54) is 14.2 Å². The van der Waals surface area contributed by atoms with Crippen LogP contribution in [0.3, 0.4) is 0 Å². The number of amides is 1. The van der Waals surface area contributed by atoms with Gasteiger partial charge in [0, 0.05) is 13.1 Å². The Morgan fingerprint density at radius 3 is 2.52 bits per heavy atom. The molecule has 0 aliphatic carbocycles. The Balaban J connectivity index is 2.12. The number of hydrogen-bond acceptors (Lipinski definition) is 8. The van der Waals surface area contributed by atoms with Crippen molar-refractivity contribution >= 4 is 23.5 Å². The molecule has 0 atom stereocenters. The molecule has 1 amide bonds. The lowest BCUT2D eigenvalue weighted by Gasteiger charge is -2.26. The Bertz CT molecular complexity index is 713. The first-order valence-electron chi connectivity index (χ1n) is 8.37. The van der Waals surface area contributed by atoms with E-state index in [1.54, 1.807) is 24.3 Å². The standard InChI is InChI=1S/C18H23N3O6/c1-25-16(22)11-15(18(24)26-2)20-14-6-4-3-5-13(14)17(23)19-12-21-7-9-27-10-8-21/h3-6,11,20H,7-10,12H2,1-2H3,(H,19,23)/b15-11+. The Hall–Kier alpha value is -2.91. The average molecular weight is 377 g/mol. The molecule has 1 aliphatic rings. The fourth-order valence-electron chi connectivity index (χ4n) is 2.41. The van der Waals surface area contributed by atoms with Gasteiger partial charge in [-0.05, 0) is 12.1 Å². The van der Waals surface area contributed by atoms with Gasteiger partial charge in [0.1, 0.15) is 5.70 Å². The Kier molecular flexibility index (Phi) is 7.78. The summed E-state index contributed by atoms with van der Waals surface area (Å²) in [4.78, 5) is 38.0. The Labute approximate surface area is 157 Å². The lowest BCUT2D eigenvalue weighted by molar-refractivity contribution is -0.138. The van der Waals surface area contributed by atoms with Crippen LogP contribution in [0, 0.1) is 0 Å². The minimum atomic E-state index is -0.760. The molecule has 1 heterocycles. The van der Waals surface area contributed by atoms with E-state index in [-0.39, 0.29) is 11.6 Å². The van der Waals surface area contributed by atoms with Crippen LogP contribution in [-0.2, 0) is 23.8 Å². The summed E-state index contributed by atoms with van der Waals surface area (Å²) in [6, 6.07) is 6.65. The summed E-state index contributed by atoms with van der Waals surface area (Å²) in [6.07, 6.45) is 0.967. The van der Waals surface area contributed by atoms with Gasteiger partial charge in [0.05, 0.1) is 51.4 Å². The third-order valence-corrected chi connectivity index (χ3v) is 3.88. The lowest BCUT2D eigenvalue weighted by Crippen LogP contribution is -2.43. The number of morpholine rings is 1.